The van der Waals surface area contributed by atoms with Crippen molar-refractivity contribution in [3.63, 3.8) is 0 Å². The van der Waals surface area contributed by atoms with Crippen LogP contribution in [0.15, 0.2) is 74.5 Å². The van der Waals surface area contributed by atoms with Crippen LogP contribution in [0, 0.1) is 0 Å². The number of carbonyl (C=O) groups is 3. The summed E-state index contributed by atoms with van der Waals surface area (Å²) in [4.78, 5) is 63.3. The van der Waals surface area contributed by atoms with E-state index in [1.54, 1.807) is 20.9 Å². The van der Waals surface area contributed by atoms with Gasteiger partial charge >= 0.3 is 6.09 Å². The molecule has 24 nitrogen and oxygen atoms in total. The van der Waals surface area contributed by atoms with Gasteiger partial charge in [0.05, 0.1) is 67.4 Å². The number of likely N-dealkylation sites (tertiary alicyclic amines) is 3. The third kappa shape index (κ3) is 10.8. The van der Waals surface area contributed by atoms with Gasteiger partial charge in [0.1, 0.15) is 0 Å². The summed E-state index contributed by atoms with van der Waals surface area (Å²) < 4.78 is 77.7. The number of aromatic nitrogens is 11. The highest BCUT2D eigenvalue weighted by Gasteiger charge is 2.58. The first kappa shape index (κ1) is 58.0. The number of carbonyl (C=O) groups excluding carboxylic acids is 3. The van der Waals surface area contributed by atoms with Gasteiger partial charge in [-0.25, -0.2) is 13.6 Å². The molecule has 2 aliphatic carbocycles. The molecule has 91 heavy (non-hydrogen) atoms. The zero-order valence-corrected chi connectivity index (χ0v) is 51.0. The molecule has 16 rings (SSSR count). The Labute approximate surface area is 521 Å². The molecule has 8 aromatic rings. The second-order valence-corrected chi connectivity index (χ2v) is 26.8. The maximum atomic E-state index is 17.9. The molecule has 0 N–H and O–H groups in total. The fourth-order valence-corrected chi connectivity index (χ4v) is 15.2. The molecule has 12 heterocycles. The van der Waals surface area contributed by atoms with E-state index >= 15 is 4.39 Å². The lowest BCUT2D eigenvalue weighted by atomic mass is 9.67. The van der Waals surface area contributed by atoms with Gasteiger partial charge in [0, 0.05) is 134 Å². The third-order valence-corrected chi connectivity index (χ3v) is 20.9. The summed E-state index contributed by atoms with van der Waals surface area (Å²) in [6.07, 6.45) is 11.0. The van der Waals surface area contributed by atoms with Crippen LogP contribution >= 0.6 is 0 Å². The van der Waals surface area contributed by atoms with Crippen LogP contribution in [0.5, 0.6) is 0 Å². The first-order valence-corrected chi connectivity index (χ1v) is 32.4. The van der Waals surface area contributed by atoms with Crippen molar-refractivity contribution in [1.29, 1.82) is 0 Å². The number of pyridine rings is 1. The summed E-state index contributed by atoms with van der Waals surface area (Å²) in [5, 5.41) is 25.1. The summed E-state index contributed by atoms with van der Waals surface area (Å²) in [5.41, 5.74) is 0.812. The molecule has 476 valence electrons. The second-order valence-electron chi connectivity index (χ2n) is 26.8. The average Bonchev–Trinajstić information content (AvgIpc) is 1.70. The number of alkyl halides is 2. The molecule has 0 bridgehead atoms. The Morgan fingerprint density at radius 1 is 0.659 bits per heavy atom. The lowest BCUT2D eigenvalue weighted by Gasteiger charge is -2.44. The molecule has 0 radical (unpaired) electrons. The molecular formula is C65H72F2N14O10. The molecule has 2 saturated carbocycles. The fraction of sp³-hybridized carbons (Fsp3) is 0.569. The normalized spacial score (nSPS) is 27.3. The highest BCUT2D eigenvalue weighted by Crippen LogP contribution is 2.53. The van der Waals surface area contributed by atoms with E-state index < -0.39 is 34.7 Å². The Morgan fingerprint density at radius 3 is 1.90 bits per heavy atom. The largest absolute Gasteiger partial charge is 0.453 e. The molecule has 7 atom stereocenters. The number of nitrogens with zero attached hydrogens (tertiary/aromatic N) is 14. The van der Waals surface area contributed by atoms with Crippen molar-refractivity contribution in [3.8, 4) is 34.4 Å². The van der Waals surface area contributed by atoms with Crippen LogP contribution in [0.2, 0.25) is 0 Å². The Morgan fingerprint density at radius 2 is 1.29 bits per heavy atom. The summed E-state index contributed by atoms with van der Waals surface area (Å²) in [5.74, 6) is 1.32. The number of amides is 3. The molecular weight excluding hydrogens is 1170 g/mol. The standard InChI is InChI=1S/C65H72F2N14O10/c1-63(31-46(36-88-63)80-33-43-4-3-40(28-51(43)72-80)57-69-56(74-89-57)39-13-24-79(25-14-39)62(84)85-2)32-47-30-45(35-87-47)81-52-29-41(58-70-54(75-90-58)37-9-20-77(21-10-37)60(82)64(66)17-18-64)5-6-48(52)53(73-81)49-7-16-65(49,67)61(83)78-22-11-38(12-23-78)55-71-59(91-76-55)42-8-19-68-50(27-42)44-15-26-86-34-44/h3-6,8,19,27-29,33,37-39,44-47,49H,7,9-18,20-26,30-32,34-36H2,1-2H3/t44?,45-,46?,47?,49?,63?,65?/m1/s1. The number of halogens is 2. The van der Waals surface area contributed by atoms with Gasteiger partial charge in [0.2, 0.25) is 0 Å². The number of ether oxygens (including phenoxy) is 4. The first-order valence-electron chi connectivity index (χ1n) is 32.4. The van der Waals surface area contributed by atoms with Crippen LogP contribution in [0.4, 0.5) is 13.6 Å². The van der Waals surface area contributed by atoms with E-state index in [0.717, 1.165) is 57.9 Å². The van der Waals surface area contributed by atoms with E-state index in [4.69, 9.17) is 57.7 Å². The molecule has 2 aromatic carbocycles. The van der Waals surface area contributed by atoms with Gasteiger partial charge in [-0.1, -0.05) is 27.6 Å². The zero-order chi connectivity index (χ0) is 61.8. The van der Waals surface area contributed by atoms with Gasteiger partial charge in [-0.2, -0.15) is 25.1 Å². The molecule has 6 aliphatic heterocycles. The van der Waals surface area contributed by atoms with Gasteiger partial charge in [-0.15, -0.1) is 0 Å². The van der Waals surface area contributed by atoms with E-state index in [1.807, 2.05) is 64.1 Å². The monoisotopic (exact) mass is 1250 g/mol. The highest BCUT2D eigenvalue weighted by molar-refractivity contribution is 5.92. The molecule has 8 fully saturated rings. The molecule has 3 amide bonds. The number of hydrogen-bond acceptors (Lipinski definition) is 19. The zero-order valence-electron chi connectivity index (χ0n) is 51.0. The molecule has 6 aromatic heterocycles. The van der Waals surface area contributed by atoms with E-state index in [0.29, 0.717) is 163 Å². The number of piperidine rings is 3. The van der Waals surface area contributed by atoms with Gasteiger partial charge in [-0.05, 0) is 120 Å². The molecule has 6 saturated heterocycles. The number of fused-ring (bicyclic) bond motifs is 2. The van der Waals surface area contributed by atoms with Crippen molar-refractivity contribution in [3.05, 3.63) is 89.8 Å². The summed E-state index contributed by atoms with van der Waals surface area (Å²) in [6, 6.07) is 15.3. The summed E-state index contributed by atoms with van der Waals surface area (Å²) in [7, 11) is 1.39. The van der Waals surface area contributed by atoms with Crippen molar-refractivity contribution in [2.45, 2.75) is 162 Å². The van der Waals surface area contributed by atoms with Gasteiger partial charge in [0.25, 0.3) is 29.5 Å². The van der Waals surface area contributed by atoms with Crippen LogP contribution in [0.1, 0.15) is 167 Å². The van der Waals surface area contributed by atoms with Crippen LogP contribution in [0.25, 0.3) is 56.2 Å². The van der Waals surface area contributed by atoms with Crippen LogP contribution in [0.3, 0.4) is 0 Å². The second kappa shape index (κ2) is 22.9. The fourth-order valence-electron chi connectivity index (χ4n) is 15.2. The number of hydrogen-bond donors (Lipinski definition) is 0. The average molecular weight is 1250 g/mol. The predicted octanol–water partition coefficient (Wildman–Crippen LogP) is 9.72. The van der Waals surface area contributed by atoms with Crippen LogP contribution < -0.4 is 0 Å². The minimum absolute atomic E-state index is 0.0287. The molecule has 8 aliphatic rings. The number of methoxy groups -OCH3 is 1. The van der Waals surface area contributed by atoms with E-state index in [1.165, 1.54) is 7.11 Å². The molecule has 0 spiro atoms. The minimum Gasteiger partial charge on any atom is -0.453 e. The third-order valence-electron chi connectivity index (χ3n) is 20.9. The van der Waals surface area contributed by atoms with Gasteiger partial charge < -0.3 is 47.2 Å². The Kier molecular flexibility index (Phi) is 14.6. The maximum Gasteiger partial charge on any atom is 0.409 e. The van der Waals surface area contributed by atoms with Gasteiger partial charge in [-0.3, -0.25) is 23.9 Å². The minimum atomic E-state index is -2.17. The molecule has 6 unspecified atom stereocenters. The quantitative estimate of drug-likeness (QED) is 0.0980. The van der Waals surface area contributed by atoms with Crippen LogP contribution in [-0.2, 0) is 28.5 Å². The van der Waals surface area contributed by atoms with Crippen LogP contribution in [-0.4, -0.2) is 183 Å². The van der Waals surface area contributed by atoms with Crippen molar-refractivity contribution in [1.82, 2.24) is 69.7 Å². The Hall–Kier alpha value is -8.10. The van der Waals surface area contributed by atoms with Gasteiger partial charge in [0.15, 0.2) is 28.8 Å². The summed E-state index contributed by atoms with van der Waals surface area (Å²) in [6.45, 7) is 6.98. The molecule has 26 heteroatoms. The highest BCUT2D eigenvalue weighted by atomic mass is 19.1. The van der Waals surface area contributed by atoms with Crippen molar-refractivity contribution >= 4 is 39.7 Å². The maximum absolute atomic E-state index is 17.9. The van der Waals surface area contributed by atoms with Crippen molar-refractivity contribution in [2.75, 3.05) is 72.8 Å². The van der Waals surface area contributed by atoms with Crippen molar-refractivity contribution in [2.24, 2.45) is 0 Å². The Bertz CT molecular complexity index is 4060. The number of rotatable bonds is 14. The summed E-state index contributed by atoms with van der Waals surface area (Å²) >= 11 is 0. The van der Waals surface area contributed by atoms with Crippen molar-refractivity contribution < 1.29 is 55.7 Å². The van der Waals surface area contributed by atoms with E-state index in [-0.39, 0.29) is 67.2 Å². The number of benzene rings is 2. The topological polar surface area (TPSA) is 263 Å². The Balaban J connectivity index is 0.606. The lowest BCUT2D eigenvalue weighted by Crippen LogP contribution is -2.56. The smallest absolute Gasteiger partial charge is 0.409 e. The van der Waals surface area contributed by atoms with E-state index in [2.05, 4.69) is 27.4 Å². The lowest BCUT2D eigenvalue weighted by molar-refractivity contribution is -0.153. The first-order chi connectivity index (χ1) is 44.2. The van der Waals surface area contributed by atoms with E-state index in [9.17, 15) is 18.8 Å². The SMILES string of the molecule is COC(=O)N1CCC(c2noc(-c3ccc4cn(C5COC(C)(CC6C[C@@H](n7nc(C8CCC8(F)C(=O)N8CCC(c9noc(-c%10ccnc(C%11CCOC%11)c%10)n9)CC8)c8ccc(-c9nc(C%10CCN(C(=O)C%11(F)CC%11)CC%10)no9)cc87)CO6)C5)nc4c3)n2)CC1. The predicted molar refractivity (Wildman–Crippen MR) is 320 cm³/mol.